The highest BCUT2D eigenvalue weighted by molar-refractivity contribution is 6.24. The van der Waals surface area contributed by atoms with Gasteiger partial charge in [-0.15, -0.1) is 0 Å². The molecule has 0 aromatic heterocycles. The first-order valence-corrected chi connectivity index (χ1v) is 6.83. The molecule has 0 saturated carbocycles. The molecule has 6 heteroatoms. The first-order chi connectivity index (χ1) is 10.0. The van der Waals surface area contributed by atoms with Crippen molar-refractivity contribution in [2.45, 2.75) is 31.7 Å². The fourth-order valence-corrected chi connectivity index (χ4v) is 3.03. The van der Waals surface area contributed by atoms with Crippen LogP contribution in [0.2, 0.25) is 0 Å². The maximum atomic E-state index is 12.5. The molecule has 1 aromatic carbocycles. The maximum absolute atomic E-state index is 12.5. The lowest BCUT2D eigenvalue weighted by Crippen LogP contribution is -2.64. The van der Waals surface area contributed by atoms with Gasteiger partial charge in [0.2, 0.25) is 5.91 Å². The molecule has 0 radical (unpaired) electrons. The monoisotopic (exact) mass is 286 g/mol. The van der Waals surface area contributed by atoms with Crippen LogP contribution < -0.4 is 5.32 Å². The minimum atomic E-state index is -1.28. The lowest BCUT2D eigenvalue weighted by Gasteiger charge is -2.40. The molecule has 2 aliphatic heterocycles. The van der Waals surface area contributed by atoms with E-state index in [2.05, 4.69) is 5.32 Å². The van der Waals surface area contributed by atoms with Crippen LogP contribution in [0.3, 0.4) is 0 Å². The van der Waals surface area contributed by atoms with Gasteiger partial charge in [-0.2, -0.15) is 0 Å². The van der Waals surface area contributed by atoms with Gasteiger partial charge >= 0.3 is 0 Å². The first-order valence-electron chi connectivity index (χ1n) is 6.83. The average Bonchev–Trinajstić information content (AvgIpc) is 2.74. The largest absolute Gasteiger partial charge is 0.294 e. The predicted molar refractivity (Wildman–Crippen MR) is 72.3 cm³/mol. The molecule has 2 aliphatic rings. The summed E-state index contributed by atoms with van der Waals surface area (Å²) in [6.07, 6.45) is 0.560. The Bertz CT molecular complexity index is 647. The van der Waals surface area contributed by atoms with Gasteiger partial charge in [0.15, 0.2) is 0 Å². The highest BCUT2D eigenvalue weighted by Gasteiger charge is 2.54. The highest BCUT2D eigenvalue weighted by atomic mass is 16.2. The Morgan fingerprint density at radius 3 is 2.14 bits per heavy atom. The summed E-state index contributed by atoms with van der Waals surface area (Å²) in [4.78, 5) is 49.8. The van der Waals surface area contributed by atoms with Gasteiger partial charge in [-0.05, 0) is 25.0 Å². The molecule has 3 rings (SSSR count). The number of rotatable bonds is 2. The van der Waals surface area contributed by atoms with Crippen LogP contribution in [-0.2, 0) is 9.59 Å². The normalized spacial score (nSPS) is 25.1. The molecule has 4 amide bonds. The van der Waals surface area contributed by atoms with Crippen LogP contribution in [0.4, 0.5) is 0 Å². The zero-order valence-electron chi connectivity index (χ0n) is 11.5. The number of benzene rings is 1. The van der Waals surface area contributed by atoms with E-state index in [-0.39, 0.29) is 25.2 Å². The lowest BCUT2D eigenvalue weighted by atomic mass is 9.84. The third-order valence-electron chi connectivity index (χ3n) is 4.25. The van der Waals surface area contributed by atoms with Crippen molar-refractivity contribution in [2.75, 3.05) is 0 Å². The summed E-state index contributed by atoms with van der Waals surface area (Å²) < 4.78 is 0. The van der Waals surface area contributed by atoms with Crippen LogP contribution in [-0.4, -0.2) is 34.1 Å². The Hall–Kier alpha value is -2.50. The Kier molecular flexibility index (Phi) is 2.90. The van der Waals surface area contributed by atoms with Crippen molar-refractivity contribution in [1.82, 2.24) is 10.2 Å². The summed E-state index contributed by atoms with van der Waals surface area (Å²) in [5.41, 5.74) is -0.666. The van der Waals surface area contributed by atoms with E-state index in [1.165, 1.54) is 0 Å². The molecule has 1 saturated heterocycles. The van der Waals surface area contributed by atoms with E-state index in [1.807, 2.05) is 0 Å². The van der Waals surface area contributed by atoms with E-state index in [4.69, 9.17) is 0 Å². The van der Waals surface area contributed by atoms with Crippen molar-refractivity contribution in [3.8, 4) is 0 Å². The van der Waals surface area contributed by atoms with Gasteiger partial charge in [0.25, 0.3) is 17.7 Å². The topological polar surface area (TPSA) is 83.6 Å². The van der Waals surface area contributed by atoms with Crippen LogP contribution >= 0.6 is 0 Å². The van der Waals surface area contributed by atoms with Crippen molar-refractivity contribution in [3.05, 3.63) is 35.4 Å². The van der Waals surface area contributed by atoms with Crippen LogP contribution in [0.25, 0.3) is 0 Å². The standard InChI is InChI=1S/C15H14N2O4/c1-2-15(8-7-11(18)16-14(15)21)17-12(19)9-5-3-4-6-10(9)13(17)20/h3-6H,2,7-8H2,1H3,(H,16,18,21)/t15-/m1/s1. The molecule has 0 aliphatic carbocycles. The van der Waals surface area contributed by atoms with Gasteiger partial charge < -0.3 is 0 Å². The summed E-state index contributed by atoms with van der Waals surface area (Å²) >= 11 is 0. The van der Waals surface area contributed by atoms with E-state index in [1.54, 1.807) is 31.2 Å². The number of hydrogen-bond donors (Lipinski definition) is 1. The van der Waals surface area contributed by atoms with Gasteiger partial charge in [-0.1, -0.05) is 19.1 Å². The number of carbonyl (C=O) groups is 4. The Labute approximate surface area is 121 Å². The molecule has 1 atom stereocenters. The third kappa shape index (κ3) is 1.72. The molecule has 6 nitrogen and oxygen atoms in total. The number of hydrogen-bond acceptors (Lipinski definition) is 4. The number of carbonyl (C=O) groups excluding carboxylic acids is 4. The van der Waals surface area contributed by atoms with Gasteiger partial charge in [0, 0.05) is 6.42 Å². The molecule has 108 valence electrons. The second-order valence-corrected chi connectivity index (χ2v) is 5.25. The smallest absolute Gasteiger partial charge is 0.262 e. The quantitative estimate of drug-likeness (QED) is 0.818. The predicted octanol–water partition coefficient (Wildman–Crippen LogP) is 0.868. The second-order valence-electron chi connectivity index (χ2n) is 5.25. The van der Waals surface area contributed by atoms with Gasteiger partial charge in [0.1, 0.15) is 5.54 Å². The van der Waals surface area contributed by atoms with Gasteiger partial charge in [-0.3, -0.25) is 29.4 Å². The summed E-state index contributed by atoms with van der Waals surface area (Å²) in [5, 5.41) is 2.24. The number of fused-ring (bicyclic) bond motifs is 1. The first kappa shape index (κ1) is 13.5. The number of nitrogens with one attached hydrogen (secondary N) is 1. The SMILES string of the molecule is CC[C@@]1(N2C(=O)c3ccccc3C2=O)CCC(=O)NC1=O. The van der Waals surface area contributed by atoms with E-state index in [0.717, 1.165) is 4.90 Å². The third-order valence-corrected chi connectivity index (χ3v) is 4.25. The van der Waals surface area contributed by atoms with Gasteiger partial charge in [0.05, 0.1) is 11.1 Å². The summed E-state index contributed by atoms with van der Waals surface area (Å²) in [7, 11) is 0. The highest BCUT2D eigenvalue weighted by Crippen LogP contribution is 2.36. The molecule has 1 aromatic rings. The van der Waals surface area contributed by atoms with Crippen LogP contribution in [0.5, 0.6) is 0 Å². The van der Waals surface area contributed by atoms with Crippen molar-refractivity contribution >= 4 is 23.6 Å². The Balaban J connectivity index is 2.08. The zero-order valence-corrected chi connectivity index (χ0v) is 11.5. The number of piperidine rings is 1. The lowest BCUT2D eigenvalue weighted by molar-refractivity contribution is -0.142. The molecule has 1 N–H and O–H groups in total. The minimum absolute atomic E-state index is 0.118. The molecular weight excluding hydrogens is 272 g/mol. The molecule has 0 unspecified atom stereocenters. The van der Waals surface area contributed by atoms with Crippen molar-refractivity contribution in [1.29, 1.82) is 0 Å². The number of amides is 4. The van der Waals surface area contributed by atoms with E-state index < -0.39 is 23.3 Å². The number of nitrogens with zero attached hydrogens (tertiary/aromatic N) is 1. The fraction of sp³-hybridized carbons (Fsp3) is 0.333. The van der Waals surface area contributed by atoms with Crippen LogP contribution in [0.15, 0.2) is 24.3 Å². The fourth-order valence-electron chi connectivity index (χ4n) is 3.03. The summed E-state index contributed by atoms with van der Waals surface area (Å²) in [6.45, 7) is 1.74. The second kappa shape index (κ2) is 4.51. The molecule has 21 heavy (non-hydrogen) atoms. The van der Waals surface area contributed by atoms with Crippen molar-refractivity contribution in [2.24, 2.45) is 0 Å². The Morgan fingerprint density at radius 1 is 1.10 bits per heavy atom. The van der Waals surface area contributed by atoms with Gasteiger partial charge in [-0.25, -0.2) is 0 Å². The summed E-state index contributed by atoms with van der Waals surface area (Å²) in [5.74, 6) is -1.89. The number of imide groups is 2. The van der Waals surface area contributed by atoms with Crippen molar-refractivity contribution < 1.29 is 19.2 Å². The van der Waals surface area contributed by atoms with E-state index >= 15 is 0 Å². The maximum Gasteiger partial charge on any atom is 0.262 e. The van der Waals surface area contributed by atoms with Crippen LogP contribution in [0, 0.1) is 0 Å². The summed E-state index contributed by atoms with van der Waals surface area (Å²) in [6, 6.07) is 6.50. The molecule has 1 fully saturated rings. The minimum Gasteiger partial charge on any atom is -0.294 e. The molecular formula is C15H14N2O4. The van der Waals surface area contributed by atoms with E-state index in [9.17, 15) is 19.2 Å². The molecule has 2 heterocycles. The Morgan fingerprint density at radius 2 is 1.67 bits per heavy atom. The average molecular weight is 286 g/mol. The molecule has 0 bridgehead atoms. The van der Waals surface area contributed by atoms with Crippen molar-refractivity contribution in [3.63, 3.8) is 0 Å². The van der Waals surface area contributed by atoms with Crippen LogP contribution in [0.1, 0.15) is 46.9 Å². The zero-order chi connectivity index (χ0) is 15.2. The van der Waals surface area contributed by atoms with E-state index in [0.29, 0.717) is 11.1 Å². The molecule has 0 spiro atoms.